The average Bonchev–Trinajstić information content (AvgIpc) is 2.75. The number of sulfonamides is 1. The molecule has 180 valence electrons. The summed E-state index contributed by atoms with van der Waals surface area (Å²) in [5, 5.41) is 2.53. The van der Waals surface area contributed by atoms with Crippen molar-refractivity contribution in [1.29, 1.82) is 0 Å². The van der Waals surface area contributed by atoms with Crippen molar-refractivity contribution in [2.45, 2.75) is 30.8 Å². The average molecular weight is 509 g/mol. The number of ether oxygens (including phenoxy) is 1. The summed E-state index contributed by atoms with van der Waals surface area (Å²) in [6.07, 6.45) is -4.23. The summed E-state index contributed by atoms with van der Waals surface area (Å²) in [6.45, 7) is 1.90. The maximum Gasteiger partial charge on any atom is 0.419 e. The van der Waals surface area contributed by atoms with Gasteiger partial charge in [-0.05, 0) is 56.2 Å². The number of benzene rings is 2. The Bertz CT molecular complexity index is 1140. The van der Waals surface area contributed by atoms with E-state index in [1.807, 2.05) is 0 Å². The molecule has 0 spiro atoms. The molecule has 1 fully saturated rings. The van der Waals surface area contributed by atoms with Crippen LogP contribution in [0.3, 0.4) is 0 Å². The number of piperidine rings is 1. The lowest BCUT2D eigenvalue weighted by Crippen LogP contribution is -2.43. The van der Waals surface area contributed by atoms with E-state index < -0.39 is 39.4 Å². The zero-order valence-corrected chi connectivity index (χ0v) is 19.0. The van der Waals surface area contributed by atoms with E-state index in [0.29, 0.717) is 25.0 Å². The van der Waals surface area contributed by atoms with Gasteiger partial charge in [0.2, 0.25) is 15.9 Å². The van der Waals surface area contributed by atoms with E-state index in [1.165, 1.54) is 18.2 Å². The summed E-state index contributed by atoms with van der Waals surface area (Å²) in [4.78, 5) is 12.6. The van der Waals surface area contributed by atoms with Gasteiger partial charge in [0.05, 0.1) is 18.1 Å². The van der Waals surface area contributed by atoms with Crippen molar-refractivity contribution in [2.24, 2.45) is 5.92 Å². The highest BCUT2D eigenvalue weighted by Crippen LogP contribution is 2.34. The zero-order valence-electron chi connectivity index (χ0n) is 17.5. The highest BCUT2D eigenvalue weighted by molar-refractivity contribution is 7.89. The van der Waals surface area contributed by atoms with Crippen molar-refractivity contribution in [3.63, 3.8) is 0 Å². The van der Waals surface area contributed by atoms with Crippen molar-refractivity contribution in [3.8, 4) is 5.75 Å². The van der Waals surface area contributed by atoms with Crippen LogP contribution in [0, 0.1) is 11.7 Å². The lowest BCUT2D eigenvalue weighted by molar-refractivity contribution is -0.140. The topological polar surface area (TPSA) is 75.7 Å². The summed E-state index contributed by atoms with van der Waals surface area (Å²) >= 11 is 5.98. The van der Waals surface area contributed by atoms with Crippen molar-refractivity contribution in [2.75, 3.05) is 25.0 Å². The van der Waals surface area contributed by atoms with E-state index in [0.717, 1.165) is 10.4 Å². The largest absolute Gasteiger partial charge is 0.492 e. The second-order valence-electron chi connectivity index (χ2n) is 7.41. The first-order valence-electron chi connectivity index (χ1n) is 10.0. The van der Waals surface area contributed by atoms with Crippen molar-refractivity contribution >= 4 is 33.2 Å². The highest BCUT2D eigenvalue weighted by atomic mass is 35.5. The van der Waals surface area contributed by atoms with Gasteiger partial charge >= 0.3 is 6.18 Å². The Kier molecular flexibility index (Phi) is 7.55. The molecular formula is C21H21ClF4N2O4S. The van der Waals surface area contributed by atoms with Gasteiger partial charge in [0.25, 0.3) is 0 Å². The molecule has 12 heteroatoms. The Morgan fingerprint density at radius 2 is 1.97 bits per heavy atom. The van der Waals surface area contributed by atoms with Gasteiger partial charge < -0.3 is 10.1 Å². The van der Waals surface area contributed by atoms with E-state index in [2.05, 4.69) is 5.32 Å². The fourth-order valence-electron chi connectivity index (χ4n) is 3.54. The van der Waals surface area contributed by atoms with E-state index >= 15 is 0 Å². The van der Waals surface area contributed by atoms with Gasteiger partial charge in [-0.15, -0.1) is 0 Å². The number of hydrogen-bond acceptors (Lipinski definition) is 4. The minimum Gasteiger partial charge on any atom is -0.492 e. The second kappa shape index (κ2) is 9.86. The van der Waals surface area contributed by atoms with Crippen LogP contribution in [0.1, 0.15) is 25.3 Å². The minimum atomic E-state index is -4.92. The first-order chi connectivity index (χ1) is 15.4. The van der Waals surface area contributed by atoms with Crippen molar-refractivity contribution < 1.29 is 35.5 Å². The number of hydrogen-bond donors (Lipinski definition) is 1. The van der Waals surface area contributed by atoms with Gasteiger partial charge in [-0.1, -0.05) is 11.6 Å². The molecule has 1 amide bonds. The van der Waals surface area contributed by atoms with Gasteiger partial charge in [0.15, 0.2) is 0 Å². The predicted octanol–water partition coefficient (Wildman–Crippen LogP) is 4.94. The molecule has 2 aromatic rings. The van der Waals surface area contributed by atoms with Gasteiger partial charge in [-0.25, -0.2) is 12.8 Å². The number of halogens is 5. The van der Waals surface area contributed by atoms with Gasteiger partial charge in [0, 0.05) is 23.8 Å². The molecule has 0 aliphatic carbocycles. The summed E-state index contributed by atoms with van der Waals surface area (Å²) in [5.41, 5.74) is -1.74. The van der Waals surface area contributed by atoms with Crippen LogP contribution in [0.15, 0.2) is 41.3 Å². The second-order valence-corrected chi connectivity index (χ2v) is 9.75. The van der Waals surface area contributed by atoms with Gasteiger partial charge in [0.1, 0.15) is 16.5 Å². The Labute approximate surface area is 193 Å². The van der Waals surface area contributed by atoms with E-state index in [4.69, 9.17) is 16.3 Å². The normalized spacial score (nSPS) is 17.6. The third-order valence-electron chi connectivity index (χ3n) is 5.12. The molecule has 6 nitrogen and oxygen atoms in total. The first-order valence-corrected chi connectivity index (χ1v) is 11.9. The fourth-order valence-corrected chi connectivity index (χ4v) is 5.45. The molecule has 1 saturated heterocycles. The Balaban J connectivity index is 1.80. The summed E-state index contributed by atoms with van der Waals surface area (Å²) < 4.78 is 85.3. The molecule has 3 rings (SSSR count). The van der Waals surface area contributed by atoms with Crippen LogP contribution in [-0.4, -0.2) is 38.3 Å². The summed E-state index contributed by atoms with van der Waals surface area (Å²) in [5.74, 6) is -2.81. The van der Waals surface area contributed by atoms with Gasteiger partial charge in [-0.2, -0.15) is 17.5 Å². The molecule has 1 heterocycles. The standard InChI is InChI=1S/C21H21ClF4N2O4S/c1-2-32-18-8-5-14(22)10-19(18)33(30,31)28-9-3-4-13(12-28)20(29)27-15-6-7-17(23)16(11-15)21(24,25)26/h5-8,10-11,13H,2-4,9,12H2,1H3,(H,27,29). The fraction of sp³-hybridized carbons (Fsp3) is 0.381. The molecule has 1 unspecified atom stereocenters. The van der Waals surface area contributed by atoms with Crippen LogP contribution in [0.2, 0.25) is 5.02 Å². The van der Waals surface area contributed by atoms with Crippen molar-refractivity contribution in [1.82, 2.24) is 4.31 Å². The number of nitrogens with zero attached hydrogens (tertiary/aromatic N) is 1. The number of nitrogens with one attached hydrogen (secondary N) is 1. The molecule has 0 radical (unpaired) electrons. The molecule has 1 aliphatic heterocycles. The van der Waals surface area contributed by atoms with Crippen LogP contribution in [0.25, 0.3) is 0 Å². The Morgan fingerprint density at radius 3 is 2.64 bits per heavy atom. The first kappa shape index (κ1) is 25.3. The van der Waals surface area contributed by atoms with Crippen LogP contribution in [0.4, 0.5) is 23.2 Å². The monoisotopic (exact) mass is 508 g/mol. The molecule has 33 heavy (non-hydrogen) atoms. The third kappa shape index (κ3) is 5.77. The number of carbonyl (C=O) groups excluding carboxylic acids is 1. The van der Waals surface area contributed by atoms with Crippen LogP contribution < -0.4 is 10.1 Å². The summed E-state index contributed by atoms with van der Waals surface area (Å²) in [7, 11) is -4.06. The summed E-state index contributed by atoms with van der Waals surface area (Å²) in [6, 6.07) is 6.34. The van der Waals surface area contributed by atoms with E-state index in [-0.39, 0.29) is 41.1 Å². The third-order valence-corrected chi connectivity index (χ3v) is 7.24. The number of anilines is 1. The highest BCUT2D eigenvalue weighted by Gasteiger charge is 2.36. The molecular weight excluding hydrogens is 488 g/mol. The van der Waals surface area contributed by atoms with E-state index in [9.17, 15) is 30.8 Å². The number of rotatable bonds is 6. The predicted molar refractivity (Wildman–Crippen MR) is 114 cm³/mol. The van der Waals surface area contributed by atoms with Gasteiger partial charge in [-0.3, -0.25) is 4.79 Å². The maximum absolute atomic E-state index is 13.5. The molecule has 0 saturated carbocycles. The van der Waals surface area contributed by atoms with Crippen molar-refractivity contribution in [3.05, 3.63) is 52.8 Å². The SMILES string of the molecule is CCOc1ccc(Cl)cc1S(=O)(=O)N1CCCC(C(=O)Nc2ccc(F)c(C(F)(F)F)c2)C1. The number of amides is 1. The van der Waals surface area contributed by atoms with Crippen LogP contribution >= 0.6 is 11.6 Å². The molecule has 0 aromatic heterocycles. The zero-order chi connectivity index (χ0) is 24.4. The number of carbonyl (C=O) groups is 1. The lowest BCUT2D eigenvalue weighted by Gasteiger charge is -2.31. The quantitative estimate of drug-likeness (QED) is 0.561. The molecule has 1 aliphatic rings. The molecule has 2 aromatic carbocycles. The van der Waals surface area contributed by atoms with Crippen LogP contribution in [0.5, 0.6) is 5.75 Å². The smallest absolute Gasteiger partial charge is 0.419 e. The van der Waals surface area contributed by atoms with Crippen LogP contribution in [-0.2, 0) is 21.0 Å². The maximum atomic E-state index is 13.5. The Morgan fingerprint density at radius 1 is 1.24 bits per heavy atom. The number of alkyl halides is 3. The Hall–Kier alpha value is -2.37. The minimum absolute atomic E-state index is 0.125. The lowest BCUT2D eigenvalue weighted by atomic mass is 9.98. The molecule has 1 atom stereocenters. The molecule has 0 bridgehead atoms. The molecule has 1 N–H and O–H groups in total. The van der Waals surface area contributed by atoms with E-state index in [1.54, 1.807) is 6.92 Å².